The number of aryl methyl sites for hydroxylation is 1. The lowest BCUT2D eigenvalue weighted by molar-refractivity contribution is -0.139. The number of aromatic nitrogens is 5. The first-order valence-corrected chi connectivity index (χ1v) is 11.5. The monoisotopic (exact) mass is 476 g/mol. The fourth-order valence-electron chi connectivity index (χ4n) is 4.80. The average Bonchev–Trinajstić information content (AvgIpc) is 3.40. The summed E-state index contributed by atoms with van der Waals surface area (Å²) in [4.78, 5) is 21.7. The van der Waals surface area contributed by atoms with Crippen LogP contribution < -0.4 is 0 Å². The van der Waals surface area contributed by atoms with Crippen molar-refractivity contribution in [3.8, 4) is 11.9 Å². The standard InChI is InChI=1S/C24H25FN8O2/c1-15-7-23(33-14-28-29-30-33)27-10-17(15)8-24(34)32-6-5-31-12-22(35-13-18(31)11-32)19-3-4-21(25)20(9-26)16(19)2/h3-4,7,10,14,18,22H,5-6,8,11-13H2,1-2H3/t18-,22+/m1/s1. The zero-order chi connectivity index (χ0) is 24.5. The summed E-state index contributed by atoms with van der Waals surface area (Å²) >= 11 is 0. The number of pyridine rings is 1. The van der Waals surface area contributed by atoms with Gasteiger partial charge in [-0.3, -0.25) is 9.69 Å². The van der Waals surface area contributed by atoms with Crippen LogP contribution in [-0.2, 0) is 16.0 Å². The molecule has 0 radical (unpaired) electrons. The molecule has 2 aliphatic heterocycles. The zero-order valence-electron chi connectivity index (χ0n) is 19.6. The van der Waals surface area contributed by atoms with Gasteiger partial charge in [0.1, 0.15) is 18.2 Å². The quantitative estimate of drug-likeness (QED) is 0.557. The lowest BCUT2D eigenvalue weighted by Gasteiger charge is -2.46. The van der Waals surface area contributed by atoms with Gasteiger partial charge in [-0.25, -0.2) is 9.37 Å². The first-order valence-electron chi connectivity index (χ1n) is 11.5. The van der Waals surface area contributed by atoms with Crippen LogP contribution in [0.5, 0.6) is 0 Å². The number of ether oxygens (including phenoxy) is 1. The molecule has 2 atom stereocenters. The highest BCUT2D eigenvalue weighted by atomic mass is 19.1. The van der Waals surface area contributed by atoms with Gasteiger partial charge in [-0.15, -0.1) is 5.10 Å². The van der Waals surface area contributed by atoms with Crippen molar-refractivity contribution >= 4 is 5.91 Å². The predicted molar refractivity (Wildman–Crippen MR) is 122 cm³/mol. The minimum Gasteiger partial charge on any atom is -0.370 e. The Kier molecular flexibility index (Phi) is 6.23. The van der Waals surface area contributed by atoms with Crippen LogP contribution in [-0.4, -0.2) is 79.7 Å². The van der Waals surface area contributed by atoms with Crippen LogP contribution in [0.2, 0.25) is 0 Å². The molecule has 11 heteroatoms. The van der Waals surface area contributed by atoms with Crippen molar-refractivity contribution < 1.29 is 13.9 Å². The Morgan fingerprint density at radius 2 is 2.14 bits per heavy atom. The highest BCUT2D eigenvalue weighted by Gasteiger charge is 2.36. The third kappa shape index (κ3) is 4.50. The molecule has 0 aliphatic carbocycles. The number of amides is 1. The second-order valence-corrected chi connectivity index (χ2v) is 8.96. The van der Waals surface area contributed by atoms with Crippen LogP contribution in [0.15, 0.2) is 30.7 Å². The van der Waals surface area contributed by atoms with Crippen molar-refractivity contribution in [1.29, 1.82) is 5.26 Å². The Balaban J connectivity index is 1.21. The number of hydrogen-bond acceptors (Lipinski definition) is 8. The van der Waals surface area contributed by atoms with Gasteiger partial charge in [0, 0.05) is 32.4 Å². The highest BCUT2D eigenvalue weighted by molar-refractivity contribution is 5.79. The lowest BCUT2D eigenvalue weighted by Crippen LogP contribution is -2.59. The molecule has 2 saturated heterocycles. The topological polar surface area (TPSA) is 113 Å². The molecule has 180 valence electrons. The van der Waals surface area contributed by atoms with Crippen LogP contribution in [0.4, 0.5) is 4.39 Å². The number of benzene rings is 1. The number of nitriles is 1. The maximum atomic E-state index is 13.9. The summed E-state index contributed by atoms with van der Waals surface area (Å²) < 4.78 is 21.5. The number of carbonyl (C=O) groups is 1. The first kappa shape index (κ1) is 23.0. The number of nitrogens with zero attached hydrogens (tertiary/aromatic N) is 8. The van der Waals surface area contributed by atoms with Crippen molar-refractivity contribution in [3.63, 3.8) is 0 Å². The SMILES string of the molecule is Cc1cc(-n2cnnn2)ncc1CC(=O)N1CCN2C[C@@H](c3ccc(F)c(C#N)c3C)OC[C@H]2C1. The molecule has 0 bridgehead atoms. The number of fused-ring (bicyclic) bond motifs is 1. The molecule has 4 heterocycles. The van der Waals surface area contributed by atoms with Gasteiger partial charge in [0.25, 0.3) is 0 Å². The van der Waals surface area contributed by atoms with Gasteiger partial charge < -0.3 is 9.64 Å². The Bertz CT molecular complexity index is 1290. The van der Waals surface area contributed by atoms with E-state index in [2.05, 4.69) is 25.4 Å². The van der Waals surface area contributed by atoms with E-state index in [0.29, 0.717) is 37.6 Å². The molecule has 5 rings (SSSR count). The molecule has 10 nitrogen and oxygen atoms in total. The van der Waals surface area contributed by atoms with Gasteiger partial charge in [-0.1, -0.05) is 6.07 Å². The van der Waals surface area contributed by atoms with Gasteiger partial charge in [-0.05, 0) is 58.7 Å². The maximum Gasteiger partial charge on any atom is 0.227 e. The van der Waals surface area contributed by atoms with Gasteiger partial charge in [0.15, 0.2) is 5.82 Å². The molecule has 2 aliphatic rings. The highest BCUT2D eigenvalue weighted by Crippen LogP contribution is 2.31. The molecule has 0 spiro atoms. The van der Waals surface area contributed by atoms with Crippen molar-refractivity contribution in [2.75, 3.05) is 32.8 Å². The number of hydrogen-bond donors (Lipinski definition) is 0. The summed E-state index contributed by atoms with van der Waals surface area (Å²) in [6.07, 6.45) is 3.22. The summed E-state index contributed by atoms with van der Waals surface area (Å²) in [5, 5.41) is 20.4. The van der Waals surface area contributed by atoms with E-state index < -0.39 is 5.82 Å². The number of tetrazole rings is 1. The van der Waals surface area contributed by atoms with Gasteiger partial charge in [0.2, 0.25) is 5.91 Å². The molecule has 2 fully saturated rings. The maximum absolute atomic E-state index is 13.9. The fraction of sp³-hybridized carbons (Fsp3) is 0.417. The Hall–Kier alpha value is -3.75. The van der Waals surface area contributed by atoms with Crippen molar-refractivity contribution in [3.05, 3.63) is 64.4 Å². The number of morpholine rings is 1. The minimum atomic E-state index is -0.509. The number of piperazine rings is 1. The van der Waals surface area contributed by atoms with E-state index in [1.807, 2.05) is 24.0 Å². The van der Waals surface area contributed by atoms with Crippen LogP contribution in [0.1, 0.15) is 33.9 Å². The Morgan fingerprint density at radius 3 is 2.89 bits per heavy atom. The van der Waals surface area contributed by atoms with Crippen molar-refractivity contribution in [2.45, 2.75) is 32.4 Å². The third-order valence-electron chi connectivity index (χ3n) is 6.89. The molecule has 0 unspecified atom stereocenters. The molecular weight excluding hydrogens is 451 g/mol. The summed E-state index contributed by atoms with van der Waals surface area (Å²) in [5.41, 5.74) is 3.36. The van der Waals surface area contributed by atoms with Crippen LogP contribution >= 0.6 is 0 Å². The number of carbonyl (C=O) groups excluding carboxylic acids is 1. The van der Waals surface area contributed by atoms with E-state index in [0.717, 1.165) is 23.2 Å². The van der Waals surface area contributed by atoms with Crippen molar-refractivity contribution in [2.24, 2.45) is 0 Å². The van der Waals surface area contributed by atoms with Crippen LogP contribution in [0, 0.1) is 31.0 Å². The van der Waals surface area contributed by atoms with E-state index in [4.69, 9.17) is 4.74 Å². The van der Waals surface area contributed by atoms with E-state index >= 15 is 0 Å². The average molecular weight is 477 g/mol. The zero-order valence-corrected chi connectivity index (χ0v) is 19.6. The first-order chi connectivity index (χ1) is 16.9. The van der Waals surface area contributed by atoms with E-state index in [1.165, 1.54) is 17.1 Å². The van der Waals surface area contributed by atoms with Gasteiger partial charge in [-0.2, -0.15) is 9.94 Å². The smallest absolute Gasteiger partial charge is 0.227 e. The van der Waals surface area contributed by atoms with E-state index in [-0.39, 0.29) is 30.0 Å². The van der Waals surface area contributed by atoms with Crippen molar-refractivity contribution in [1.82, 2.24) is 35.0 Å². The molecule has 0 N–H and O–H groups in total. The van der Waals surface area contributed by atoms with Crippen LogP contribution in [0.3, 0.4) is 0 Å². The summed E-state index contributed by atoms with van der Waals surface area (Å²) in [7, 11) is 0. The van der Waals surface area contributed by atoms with Gasteiger partial charge in [0.05, 0.1) is 30.7 Å². The largest absolute Gasteiger partial charge is 0.370 e. The molecule has 2 aromatic heterocycles. The molecular formula is C24H25FN8O2. The van der Waals surface area contributed by atoms with E-state index in [1.54, 1.807) is 19.2 Å². The minimum absolute atomic E-state index is 0.0555. The summed E-state index contributed by atoms with van der Waals surface area (Å²) in [5.74, 6) is 0.148. The molecule has 0 saturated carbocycles. The molecule has 1 amide bonds. The molecule has 3 aromatic rings. The second-order valence-electron chi connectivity index (χ2n) is 8.96. The number of halogens is 1. The normalized spacial score (nSPS) is 20.3. The molecule has 1 aromatic carbocycles. The third-order valence-corrected chi connectivity index (χ3v) is 6.89. The predicted octanol–water partition coefficient (Wildman–Crippen LogP) is 1.51. The fourth-order valence-corrected chi connectivity index (χ4v) is 4.80. The summed E-state index contributed by atoms with van der Waals surface area (Å²) in [6, 6.07) is 6.95. The second kappa shape index (κ2) is 9.48. The molecule has 35 heavy (non-hydrogen) atoms. The lowest BCUT2D eigenvalue weighted by atomic mass is 9.96. The van der Waals surface area contributed by atoms with E-state index in [9.17, 15) is 14.4 Å². The summed E-state index contributed by atoms with van der Waals surface area (Å²) in [6.45, 7) is 6.77. The van der Waals surface area contributed by atoms with Crippen LogP contribution in [0.25, 0.3) is 5.82 Å². The van der Waals surface area contributed by atoms with Gasteiger partial charge >= 0.3 is 0 Å². The number of rotatable bonds is 4. The Morgan fingerprint density at radius 1 is 1.29 bits per heavy atom. The Labute approximate surface area is 201 Å².